The van der Waals surface area contributed by atoms with Crippen LogP contribution >= 0.6 is 0 Å². The number of carbonyl (C=O) groups is 2. The zero-order valence-corrected chi connectivity index (χ0v) is 19.2. The first-order valence-corrected chi connectivity index (χ1v) is 10.4. The van der Waals surface area contributed by atoms with E-state index in [9.17, 15) is 14.4 Å². The number of aromatic nitrogens is 2. The van der Waals surface area contributed by atoms with Crippen LogP contribution in [0.3, 0.4) is 0 Å². The van der Waals surface area contributed by atoms with Crippen LogP contribution in [0.2, 0.25) is 0 Å². The number of fused-ring (bicyclic) bond motifs is 1. The molecule has 0 aliphatic heterocycles. The average molecular weight is 463 g/mol. The van der Waals surface area contributed by atoms with E-state index in [0.717, 1.165) is 0 Å². The predicted molar refractivity (Wildman–Crippen MR) is 134 cm³/mol. The van der Waals surface area contributed by atoms with Gasteiger partial charge in [0, 0.05) is 43.5 Å². The summed E-state index contributed by atoms with van der Waals surface area (Å²) in [5, 5.41) is 5.70. The number of allylic oxidation sites excluding steroid dienone is 1. The summed E-state index contributed by atoms with van der Waals surface area (Å²) >= 11 is 0. The highest BCUT2D eigenvalue weighted by molar-refractivity contribution is 6.08. The fourth-order valence-corrected chi connectivity index (χ4v) is 3.33. The minimum absolute atomic E-state index is 0.104. The summed E-state index contributed by atoms with van der Waals surface area (Å²) < 4.78 is 6.60. The first-order valence-electron chi connectivity index (χ1n) is 10.4. The molecule has 3 rings (SSSR count). The van der Waals surface area contributed by atoms with Crippen LogP contribution in [0.5, 0.6) is 0 Å². The maximum atomic E-state index is 13.3. The summed E-state index contributed by atoms with van der Waals surface area (Å²) in [6, 6.07) is 10.9. The van der Waals surface area contributed by atoms with E-state index in [2.05, 4.69) is 20.6 Å². The molecule has 0 bridgehead atoms. The van der Waals surface area contributed by atoms with Crippen LogP contribution in [0.4, 0.5) is 16.2 Å². The lowest BCUT2D eigenvalue weighted by Gasteiger charge is -2.14. The summed E-state index contributed by atoms with van der Waals surface area (Å²) in [5.41, 5.74) is 7.73. The SMILES string of the molecule is CN=C/C(=C\N)c1nc2ccc(NC(=O)Nc3cccc(C(C)=O)c3)cc2c(=O)n1CCOC. The largest absolute Gasteiger partial charge is 0.404 e. The minimum atomic E-state index is -0.517. The normalized spacial score (nSPS) is 11.7. The fourth-order valence-electron chi connectivity index (χ4n) is 3.33. The smallest absolute Gasteiger partial charge is 0.323 e. The number of aliphatic imine (C=N–C) groups is 1. The predicted octanol–water partition coefficient (Wildman–Crippen LogP) is 2.89. The Morgan fingerprint density at radius 3 is 2.56 bits per heavy atom. The Morgan fingerprint density at radius 2 is 1.91 bits per heavy atom. The molecule has 0 aliphatic rings. The molecule has 3 aromatic rings. The number of anilines is 2. The van der Waals surface area contributed by atoms with Crippen molar-refractivity contribution < 1.29 is 14.3 Å². The van der Waals surface area contributed by atoms with Crippen LogP contribution in [-0.4, -0.2) is 48.3 Å². The van der Waals surface area contributed by atoms with Crippen LogP contribution < -0.4 is 21.9 Å². The van der Waals surface area contributed by atoms with Gasteiger partial charge in [-0.3, -0.25) is 19.1 Å². The maximum Gasteiger partial charge on any atom is 0.323 e. The van der Waals surface area contributed by atoms with E-state index in [-0.39, 0.29) is 17.9 Å². The second-order valence-corrected chi connectivity index (χ2v) is 7.34. The van der Waals surface area contributed by atoms with Gasteiger partial charge in [0.05, 0.1) is 29.6 Å². The van der Waals surface area contributed by atoms with Gasteiger partial charge in [-0.15, -0.1) is 0 Å². The second-order valence-electron chi connectivity index (χ2n) is 7.34. The van der Waals surface area contributed by atoms with Gasteiger partial charge < -0.3 is 21.1 Å². The molecule has 2 aromatic carbocycles. The first kappa shape index (κ1) is 24.3. The Labute approximate surface area is 196 Å². The number of Topliss-reactive ketones (excluding diaryl/α,β-unsaturated/α-hetero) is 1. The minimum Gasteiger partial charge on any atom is -0.404 e. The summed E-state index contributed by atoms with van der Waals surface area (Å²) in [5.74, 6) is 0.263. The van der Waals surface area contributed by atoms with Crippen molar-refractivity contribution in [1.29, 1.82) is 0 Å². The number of ketones is 1. The molecule has 0 radical (unpaired) electrons. The van der Waals surface area contributed by atoms with E-state index in [4.69, 9.17) is 10.5 Å². The highest BCUT2D eigenvalue weighted by Crippen LogP contribution is 2.19. The molecule has 176 valence electrons. The number of hydrogen-bond acceptors (Lipinski definition) is 7. The molecule has 2 amide bonds. The molecule has 1 heterocycles. The van der Waals surface area contributed by atoms with Gasteiger partial charge in [-0.25, -0.2) is 9.78 Å². The number of nitrogens with zero attached hydrogens (tertiary/aromatic N) is 3. The highest BCUT2D eigenvalue weighted by Gasteiger charge is 2.15. The molecule has 10 heteroatoms. The van der Waals surface area contributed by atoms with Gasteiger partial charge in [0.15, 0.2) is 5.78 Å². The van der Waals surface area contributed by atoms with Crippen LogP contribution in [0.1, 0.15) is 23.1 Å². The number of benzene rings is 2. The zero-order chi connectivity index (χ0) is 24.7. The van der Waals surface area contributed by atoms with Crippen molar-refractivity contribution in [2.75, 3.05) is 31.4 Å². The van der Waals surface area contributed by atoms with Crippen molar-refractivity contribution >= 4 is 45.9 Å². The Morgan fingerprint density at radius 1 is 1.18 bits per heavy atom. The lowest BCUT2D eigenvalue weighted by Crippen LogP contribution is -2.27. The molecule has 0 fully saturated rings. The lowest BCUT2D eigenvalue weighted by atomic mass is 10.1. The van der Waals surface area contributed by atoms with Gasteiger partial charge in [-0.2, -0.15) is 0 Å². The Kier molecular flexibility index (Phi) is 7.88. The molecule has 0 saturated heterocycles. The van der Waals surface area contributed by atoms with Crippen LogP contribution in [-0.2, 0) is 11.3 Å². The molecular formula is C24H26N6O4. The summed E-state index contributed by atoms with van der Waals surface area (Å²) in [6.07, 6.45) is 2.86. The van der Waals surface area contributed by atoms with E-state index in [1.165, 1.54) is 23.9 Å². The number of hydrogen-bond donors (Lipinski definition) is 3. The van der Waals surface area contributed by atoms with Crippen LogP contribution in [0.25, 0.3) is 16.5 Å². The quantitative estimate of drug-likeness (QED) is 0.347. The zero-order valence-electron chi connectivity index (χ0n) is 19.2. The third-order valence-corrected chi connectivity index (χ3v) is 4.96. The Balaban J connectivity index is 1.94. The van der Waals surface area contributed by atoms with E-state index >= 15 is 0 Å². The second kappa shape index (κ2) is 11.0. The number of methoxy groups -OCH3 is 1. The highest BCUT2D eigenvalue weighted by atomic mass is 16.5. The van der Waals surface area contributed by atoms with Gasteiger partial charge >= 0.3 is 6.03 Å². The number of carbonyl (C=O) groups excluding carboxylic acids is 2. The third-order valence-electron chi connectivity index (χ3n) is 4.96. The number of urea groups is 1. The number of nitrogens with one attached hydrogen (secondary N) is 2. The molecule has 0 unspecified atom stereocenters. The molecule has 1 aromatic heterocycles. The van der Waals surface area contributed by atoms with Gasteiger partial charge in [0.2, 0.25) is 0 Å². The fraction of sp³-hybridized carbons (Fsp3) is 0.208. The molecule has 0 spiro atoms. The standard InChI is InChI=1S/C24H26N6O4/c1-15(31)16-5-4-6-18(11-16)27-24(33)28-19-7-8-21-20(12-19)23(32)30(9-10-34-3)22(29-21)17(13-25)14-26-2/h4-8,11-14H,9-10,25H2,1-3H3,(H2,27,28,33)/b17-13+,26-14?. The molecule has 4 N–H and O–H groups in total. The molecule has 34 heavy (non-hydrogen) atoms. The maximum absolute atomic E-state index is 13.3. The molecule has 10 nitrogen and oxygen atoms in total. The average Bonchev–Trinajstić information content (AvgIpc) is 2.82. The van der Waals surface area contributed by atoms with Crippen LogP contribution in [0.15, 0.2) is 58.5 Å². The van der Waals surface area contributed by atoms with Gasteiger partial charge in [0.1, 0.15) is 5.82 Å². The molecule has 0 aliphatic carbocycles. The van der Waals surface area contributed by atoms with E-state index < -0.39 is 6.03 Å². The van der Waals surface area contributed by atoms with Gasteiger partial charge in [0.25, 0.3) is 5.56 Å². The number of ether oxygens (including phenoxy) is 1. The molecule has 0 atom stereocenters. The van der Waals surface area contributed by atoms with Crippen molar-refractivity contribution in [2.24, 2.45) is 10.7 Å². The number of amides is 2. The van der Waals surface area contributed by atoms with E-state index in [0.29, 0.717) is 45.8 Å². The van der Waals surface area contributed by atoms with Gasteiger partial charge in [-0.1, -0.05) is 12.1 Å². The van der Waals surface area contributed by atoms with Crippen molar-refractivity contribution in [1.82, 2.24) is 9.55 Å². The first-order chi connectivity index (χ1) is 16.4. The van der Waals surface area contributed by atoms with Crippen molar-refractivity contribution in [3.8, 4) is 0 Å². The Hall–Kier alpha value is -4.31. The molecule has 0 saturated carbocycles. The van der Waals surface area contributed by atoms with E-state index in [1.54, 1.807) is 56.6 Å². The summed E-state index contributed by atoms with van der Waals surface area (Å²) in [4.78, 5) is 45.9. The van der Waals surface area contributed by atoms with Crippen LogP contribution in [0, 0.1) is 0 Å². The van der Waals surface area contributed by atoms with E-state index in [1.807, 2.05) is 0 Å². The topological polar surface area (TPSA) is 141 Å². The lowest BCUT2D eigenvalue weighted by molar-refractivity contribution is 0.101. The summed E-state index contributed by atoms with van der Waals surface area (Å²) in [7, 11) is 3.14. The van der Waals surface area contributed by atoms with Gasteiger partial charge in [-0.05, 0) is 37.3 Å². The van der Waals surface area contributed by atoms with Crippen molar-refractivity contribution in [2.45, 2.75) is 13.5 Å². The van der Waals surface area contributed by atoms with Crippen molar-refractivity contribution in [3.05, 3.63) is 70.4 Å². The third kappa shape index (κ3) is 5.54. The van der Waals surface area contributed by atoms with Crippen molar-refractivity contribution in [3.63, 3.8) is 0 Å². The monoisotopic (exact) mass is 462 g/mol. The molecular weight excluding hydrogens is 436 g/mol. The number of nitrogens with two attached hydrogens (primary N) is 1. The number of rotatable bonds is 8. The Bertz CT molecular complexity index is 1340. The summed E-state index contributed by atoms with van der Waals surface area (Å²) in [6.45, 7) is 2.00.